The van der Waals surface area contributed by atoms with Gasteiger partial charge in [-0.05, 0) is 12.1 Å². The fourth-order valence-corrected chi connectivity index (χ4v) is 1.74. The summed E-state index contributed by atoms with van der Waals surface area (Å²) < 4.78 is 18.8. The Morgan fingerprint density at radius 3 is 2.71 bits per heavy atom. The number of Topliss-reactive ketones (excluding diaryl/α,β-unsaturated/α-hetero) is 1. The number of halogens is 3. The predicted molar refractivity (Wildman–Crippen MR) is 58.8 cm³/mol. The first kappa shape index (κ1) is 11.7. The van der Waals surface area contributed by atoms with Crippen LogP contribution in [0.5, 0.6) is 5.75 Å². The van der Waals surface area contributed by atoms with Crippen molar-refractivity contribution in [3.05, 3.63) is 28.0 Å². The van der Waals surface area contributed by atoms with Crippen molar-refractivity contribution in [1.82, 2.24) is 0 Å². The Labute approximate surface area is 97.7 Å². The van der Waals surface area contributed by atoms with Crippen molar-refractivity contribution >= 4 is 37.6 Å². The van der Waals surface area contributed by atoms with Gasteiger partial charge in [0.05, 0.1) is 18.0 Å². The van der Waals surface area contributed by atoms with Crippen LogP contribution in [0.4, 0.5) is 4.39 Å². The molecule has 0 aliphatic rings. The number of carbonyl (C=O) groups is 1. The van der Waals surface area contributed by atoms with Crippen molar-refractivity contribution in [1.29, 1.82) is 0 Å². The number of alkyl halides is 1. The second-order valence-electron chi connectivity index (χ2n) is 2.52. The molecule has 5 heteroatoms. The Morgan fingerprint density at radius 1 is 1.57 bits per heavy atom. The Bertz CT molecular complexity index is 366. The molecule has 0 spiro atoms. The quantitative estimate of drug-likeness (QED) is 0.630. The summed E-state index contributed by atoms with van der Waals surface area (Å²) in [5.74, 6) is -0.686. The second kappa shape index (κ2) is 4.89. The van der Waals surface area contributed by atoms with Gasteiger partial charge in [0, 0.05) is 4.47 Å². The molecular formula is C9H7Br2FO2. The van der Waals surface area contributed by atoms with Crippen molar-refractivity contribution in [2.75, 3.05) is 12.4 Å². The average Bonchev–Trinajstić information content (AvgIpc) is 2.15. The molecule has 1 aromatic carbocycles. The third-order valence-electron chi connectivity index (χ3n) is 1.64. The summed E-state index contributed by atoms with van der Waals surface area (Å²) in [5, 5.41) is 0.0713. The van der Waals surface area contributed by atoms with Gasteiger partial charge in [0.1, 0.15) is 11.6 Å². The summed E-state index contributed by atoms with van der Waals surface area (Å²) in [6, 6.07) is 2.79. The van der Waals surface area contributed by atoms with Crippen LogP contribution in [-0.2, 0) is 0 Å². The molecule has 0 N–H and O–H groups in total. The number of rotatable bonds is 3. The van der Waals surface area contributed by atoms with Gasteiger partial charge in [-0.2, -0.15) is 0 Å². The highest BCUT2D eigenvalue weighted by atomic mass is 79.9. The van der Waals surface area contributed by atoms with Crippen molar-refractivity contribution in [2.45, 2.75) is 0 Å². The number of hydrogen-bond donors (Lipinski definition) is 0. The first-order chi connectivity index (χ1) is 6.60. The first-order valence-corrected chi connectivity index (χ1v) is 5.63. The fraction of sp³-hybridized carbons (Fsp3) is 0.222. The molecule has 0 saturated heterocycles. The van der Waals surface area contributed by atoms with Crippen molar-refractivity contribution in [3.8, 4) is 5.75 Å². The van der Waals surface area contributed by atoms with Crippen LogP contribution in [0.25, 0.3) is 0 Å². The monoisotopic (exact) mass is 324 g/mol. The molecule has 0 atom stereocenters. The molecule has 0 bridgehead atoms. The van der Waals surface area contributed by atoms with Gasteiger partial charge in [-0.1, -0.05) is 31.9 Å². The maximum Gasteiger partial charge on any atom is 0.180 e. The van der Waals surface area contributed by atoms with E-state index in [-0.39, 0.29) is 22.4 Å². The van der Waals surface area contributed by atoms with Crippen LogP contribution in [0, 0.1) is 5.82 Å². The Morgan fingerprint density at radius 2 is 2.21 bits per heavy atom. The molecule has 0 unspecified atom stereocenters. The zero-order chi connectivity index (χ0) is 10.7. The molecule has 0 amide bonds. The van der Waals surface area contributed by atoms with Crippen molar-refractivity contribution in [2.24, 2.45) is 0 Å². The lowest BCUT2D eigenvalue weighted by Crippen LogP contribution is -2.06. The number of ether oxygens (including phenoxy) is 1. The summed E-state index contributed by atoms with van der Waals surface area (Å²) in [4.78, 5) is 11.3. The number of hydrogen-bond acceptors (Lipinski definition) is 2. The minimum atomic E-state index is -0.583. The maximum absolute atomic E-state index is 13.4. The zero-order valence-electron chi connectivity index (χ0n) is 7.31. The molecule has 1 rings (SSSR count). The lowest BCUT2D eigenvalue weighted by Gasteiger charge is -2.07. The van der Waals surface area contributed by atoms with Gasteiger partial charge in [-0.15, -0.1) is 0 Å². The Hall–Kier alpha value is -0.420. The van der Waals surface area contributed by atoms with Crippen LogP contribution in [0.15, 0.2) is 16.6 Å². The molecule has 0 aromatic heterocycles. The van der Waals surface area contributed by atoms with E-state index in [2.05, 4.69) is 31.9 Å². The van der Waals surface area contributed by atoms with E-state index in [4.69, 9.17) is 4.74 Å². The standard InChI is InChI=1S/C9H7Br2FO2/c1-14-8-3-5(11)2-6(12)9(8)7(13)4-10/h2-3H,4H2,1H3. The summed E-state index contributed by atoms with van der Waals surface area (Å²) in [5.41, 5.74) is -0.0208. The smallest absolute Gasteiger partial charge is 0.180 e. The molecule has 0 saturated carbocycles. The van der Waals surface area contributed by atoms with Crippen molar-refractivity contribution in [3.63, 3.8) is 0 Å². The third kappa shape index (κ3) is 2.33. The van der Waals surface area contributed by atoms with E-state index in [9.17, 15) is 9.18 Å². The molecule has 1 aromatic rings. The molecule has 0 heterocycles. The van der Waals surface area contributed by atoms with E-state index in [1.54, 1.807) is 6.07 Å². The van der Waals surface area contributed by atoms with Crippen LogP contribution in [-0.4, -0.2) is 18.2 Å². The second-order valence-corrected chi connectivity index (χ2v) is 4.00. The van der Waals surface area contributed by atoms with E-state index >= 15 is 0 Å². The normalized spacial score (nSPS) is 10.0. The average molecular weight is 326 g/mol. The maximum atomic E-state index is 13.4. The largest absolute Gasteiger partial charge is 0.496 e. The number of methoxy groups -OCH3 is 1. The van der Waals surface area contributed by atoms with E-state index in [1.807, 2.05) is 0 Å². The molecule has 14 heavy (non-hydrogen) atoms. The van der Waals surface area contributed by atoms with Crippen LogP contribution in [0.2, 0.25) is 0 Å². The number of ketones is 1. The number of benzene rings is 1. The van der Waals surface area contributed by atoms with E-state index in [0.717, 1.165) is 0 Å². The lowest BCUT2D eigenvalue weighted by molar-refractivity contribution is 0.101. The summed E-state index contributed by atoms with van der Waals surface area (Å²) in [6.07, 6.45) is 0. The summed E-state index contributed by atoms with van der Waals surface area (Å²) in [7, 11) is 1.40. The molecule has 76 valence electrons. The highest BCUT2D eigenvalue weighted by Crippen LogP contribution is 2.27. The topological polar surface area (TPSA) is 26.3 Å². The first-order valence-electron chi connectivity index (χ1n) is 3.72. The van der Waals surface area contributed by atoms with Gasteiger partial charge in [0.15, 0.2) is 5.78 Å². The molecule has 0 radical (unpaired) electrons. The van der Waals surface area contributed by atoms with Gasteiger partial charge >= 0.3 is 0 Å². The van der Waals surface area contributed by atoms with Gasteiger partial charge < -0.3 is 4.74 Å². The summed E-state index contributed by atoms with van der Waals surface area (Å²) >= 11 is 6.10. The van der Waals surface area contributed by atoms with Crippen LogP contribution in [0.3, 0.4) is 0 Å². The predicted octanol–water partition coefficient (Wildman–Crippen LogP) is 3.17. The molecule has 0 aliphatic heterocycles. The van der Waals surface area contributed by atoms with Crippen LogP contribution < -0.4 is 4.74 Å². The third-order valence-corrected chi connectivity index (χ3v) is 2.61. The molecule has 2 nitrogen and oxygen atoms in total. The van der Waals surface area contributed by atoms with Crippen LogP contribution >= 0.6 is 31.9 Å². The van der Waals surface area contributed by atoms with Gasteiger partial charge in [-0.25, -0.2) is 4.39 Å². The minimum absolute atomic E-state index is 0.0208. The molecule has 0 aliphatic carbocycles. The lowest BCUT2D eigenvalue weighted by atomic mass is 10.1. The van der Waals surface area contributed by atoms with E-state index in [0.29, 0.717) is 4.47 Å². The van der Waals surface area contributed by atoms with Crippen molar-refractivity contribution < 1.29 is 13.9 Å². The fourth-order valence-electron chi connectivity index (χ4n) is 1.05. The van der Waals surface area contributed by atoms with E-state index in [1.165, 1.54) is 13.2 Å². The summed E-state index contributed by atoms with van der Waals surface area (Å²) in [6.45, 7) is 0. The Kier molecular flexibility index (Phi) is 4.07. The van der Waals surface area contributed by atoms with Gasteiger partial charge in [0.2, 0.25) is 0 Å². The van der Waals surface area contributed by atoms with Crippen LogP contribution in [0.1, 0.15) is 10.4 Å². The SMILES string of the molecule is COc1cc(Br)cc(F)c1C(=O)CBr. The highest BCUT2D eigenvalue weighted by Gasteiger charge is 2.17. The zero-order valence-corrected chi connectivity index (χ0v) is 10.5. The van der Waals surface area contributed by atoms with Gasteiger partial charge in [0.25, 0.3) is 0 Å². The Balaban J connectivity index is 3.32. The molecule has 0 fully saturated rings. The van der Waals surface area contributed by atoms with Gasteiger partial charge in [-0.3, -0.25) is 4.79 Å². The minimum Gasteiger partial charge on any atom is -0.496 e. The molecular weight excluding hydrogens is 319 g/mol. The van der Waals surface area contributed by atoms with E-state index < -0.39 is 5.82 Å². The number of carbonyl (C=O) groups excluding carboxylic acids is 1. The highest BCUT2D eigenvalue weighted by molar-refractivity contribution is 9.10.